The van der Waals surface area contributed by atoms with Crippen LogP contribution in [0.15, 0.2) is 30.9 Å². The highest BCUT2D eigenvalue weighted by molar-refractivity contribution is 5.76. The number of amides is 1. The van der Waals surface area contributed by atoms with E-state index in [-0.39, 0.29) is 5.91 Å². The third kappa shape index (κ3) is 5.50. The van der Waals surface area contributed by atoms with Gasteiger partial charge in [-0.3, -0.25) is 4.79 Å². The molecule has 4 nitrogen and oxygen atoms in total. The van der Waals surface area contributed by atoms with Gasteiger partial charge in [-0.15, -0.1) is 6.58 Å². The number of nitrogens with zero attached hydrogens (tertiary/aromatic N) is 1. The lowest BCUT2D eigenvalue weighted by Crippen LogP contribution is -2.25. The molecular formula is C17H27N3O. The minimum Gasteiger partial charge on any atom is -0.384 e. The number of nitrogens with one attached hydrogen (secondary N) is 2. The number of anilines is 2. The third-order valence-electron chi connectivity index (χ3n) is 3.45. The van der Waals surface area contributed by atoms with Crippen molar-refractivity contribution < 1.29 is 4.79 Å². The van der Waals surface area contributed by atoms with Gasteiger partial charge >= 0.3 is 0 Å². The maximum absolute atomic E-state index is 11.5. The SMILES string of the molecule is C=CCNC(=O)CCNc1ccc(N(CC)CC)cc1C. The van der Waals surface area contributed by atoms with Crippen LogP contribution in [0.3, 0.4) is 0 Å². The normalized spacial score (nSPS) is 10.0. The van der Waals surface area contributed by atoms with E-state index in [1.807, 2.05) is 0 Å². The van der Waals surface area contributed by atoms with E-state index in [9.17, 15) is 4.79 Å². The molecule has 0 aliphatic rings. The quantitative estimate of drug-likeness (QED) is 0.687. The maximum Gasteiger partial charge on any atom is 0.222 e. The highest BCUT2D eigenvalue weighted by Gasteiger charge is 2.05. The van der Waals surface area contributed by atoms with Gasteiger partial charge in [-0.2, -0.15) is 0 Å². The minimum absolute atomic E-state index is 0.0415. The first-order valence-corrected chi connectivity index (χ1v) is 7.59. The molecule has 1 aromatic carbocycles. The molecule has 1 rings (SSSR count). The van der Waals surface area contributed by atoms with Crippen molar-refractivity contribution >= 4 is 17.3 Å². The first-order chi connectivity index (χ1) is 10.1. The zero-order valence-electron chi connectivity index (χ0n) is 13.4. The number of carbonyl (C=O) groups is 1. The summed E-state index contributed by atoms with van der Waals surface area (Å²) in [5.41, 5.74) is 3.53. The summed E-state index contributed by atoms with van der Waals surface area (Å²) in [6, 6.07) is 6.40. The molecular weight excluding hydrogens is 262 g/mol. The van der Waals surface area contributed by atoms with Gasteiger partial charge in [0.1, 0.15) is 0 Å². The predicted octanol–water partition coefficient (Wildman–Crippen LogP) is 2.95. The van der Waals surface area contributed by atoms with Crippen molar-refractivity contribution in [1.29, 1.82) is 0 Å². The Hall–Kier alpha value is -1.97. The molecule has 0 heterocycles. The van der Waals surface area contributed by atoms with E-state index in [1.165, 1.54) is 11.3 Å². The van der Waals surface area contributed by atoms with Crippen LogP contribution in [0, 0.1) is 6.92 Å². The summed E-state index contributed by atoms with van der Waals surface area (Å²) < 4.78 is 0. The van der Waals surface area contributed by atoms with Crippen molar-refractivity contribution in [3.8, 4) is 0 Å². The second kappa shape index (κ2) is 9.06. The fourth-order valence-corrected chi connectivity index (χ4v) is 2.22. The average Bonchev–Trinajstić information content (AvgIpc) is 2.48. The highest BCUT2D eigenvalue weighted by atomic mass is 16.1. The summed E-state index contributed by atoms with van der Waals surface area (Å²) in [6.45, 7) is 13.2. The van der Waals surface area contributed by atoms with Crippen molar-refractivity contribution in [3.63, 3.8) is 0 Å². The van der Waals surface area contributed by atoms with Gasteiger partial charge in [0.25, 0.3) is 0 Å². The van der Waals surface area contributed by atoms with Crippen LogP contribution < -0.4 is 15.5 Å². The number of rotatable bonds is 9. The predicted molar refractivity (Wildman–Crippen MR) is 91.1 cm³/mol. The van der Waals surface area contributed by atoms with Crippen LogP contribution >= 0.6 is 0 Å². The van der Waals surface area contributed by atoms with Crippen LogP contribution in [0.2, 0.25) is 0 Å². The van der Waals surface area contributed by atoms with Gasteiger partial charge < -0.3 is 15.5 Å². The average molecular weight is 289 g/mol. The first-order valence-electron chi connectivity index (χ1n) is 7.59. The van der Waals surface area contributed by atoms with Gasteiger partial charge in [0, 0.05) is 44.0 Å². The van der Waals surface area contributed by atoms with Crippen molar-refractivity contribution in [2.75, 3.05) is 36.4 Å². The molecule has 0 radical (unpaired) electrons. The topological polar surface area (TPSA) is 44.4 Å². The molecule has 1 amide bonds. The van der Waals surface area contributed by atoms with Crippen LogP contribution in [0.5, 0.6) is 0 Å². The Morgan fingerprint density at radius 3 is 2.62 bits per heavy atom. The van der Waals surface area contributed by atoms with Crippen molar-refractivity contribution in [2.45, 2.75) is 27.2 Å². The lowest BCUT2D eigenvalue weighted by Gasteiger charge is -2.22. The molecule has 4 heteroatoms. The molecule has 0 fully saturated rings. The molecule has 0 saturated carbocycles. The molecule has 0 spiro atoms. The Labute approximate surface area is 128 Å². The van der Waals surface area contributed by atoms with E-state index in [4.69, 9.17) is 0 Å². The molecule has 0 aliphatic heterocycles. The Morgan fingerprint density at radius 1 is 1.33 bits per heavy atom. The van der Waals surface area contributed by atoms with Gasteiger partial charge in [0.2, 0.25) is 5.91 Å². The van der Waals surface area contributed by atoms with Gasteiger partial charge in [-0.25, -0.2) is 0 Å². The second-order valence-corrected chi connectivity index (χ2v) is 4.94. The van der Waals surface area contributed by atoms with Gasteiger partial charge in [-0.05, 0) is 44.5 Å². The van der Waals surface area contributed by atoms with Crippen LogP contribution in [0.4, 0.5) is 11.4 Å². The first kappa shape index (κ1) is 17.1. The zero-order valence-corrected chi connectivity index (χ0v) is 13.4. The van der Waals surface area contributed by atoms with Crippen molar-refractivity contribution in [1.82, 2.24) is 5.32 Å². The molecule has 0 unspecified atom stereocenters. The van der Waals surface area contributed by atoms with E-state index >= 15 is 0 Å². The van der Waals surface area contributed by atoms with Crippen molar-refractivity contribution in [3.05, 3.63) is 36.4 Å². The Bertz CT molecular complexity index is 467. The maximum atomic E-state index is 11.5. The molecule has 0 aromatic heterocycles. The van der Waals surface area contributed by atoms with E-state index in [1.54, 1.807) is 6.08 Å². The molecule has 0 aliphatic carbocycles. The molecule has 21 heavy (non-hydrogen) atoms. The molecule has 1 aromatic rings. The molecule has 0 atom stereocenters. The van der Waals surface area contributed by atoms with E-state index in [0.717, 1.165) is 18.8 Å². The number of hydrogen-bond acceptors (Lipinski definition) is 3. The number of aryl methyl sites for hydroxylation is 1. The Balaban J connectivity index is 2.53. The summed E-state index contributed by atoms with van der Waals surface area (Å²) >= 11 is 0. The van der Waals surface area contributed by atoms with E-state index in [2.05, 4.69) is 61.1 Å². The van der Waals surface area contributed by atoms with Crippen LogP contribution in [0.1, 0.15) is 25.8 Å². The van der Waals surface area contributed by atoms with Crippen molar-refractivity contribution in [2.24, 2.45) is 0 Å². The number of carbonyl (C=O) groups excluding carboxylic acids is 1. The molecule has 0 bridgehead atoms. The largest absolute Gasteiger partial charge is 0.384 e. The van der Waals surface area contributed by atoms with Crippen LogP contribution in [-0.4, -0.2) is 32.1 Å². The molecule has 116 valence electrons. The summed E-state index contributed by atoms with van der Waals surface area (Å²) in [6.07, 6.45) is 2.15. The Morgan fingerprint density at radius 2 is 2.05 bits per heavy atom. The molecule has 2 N–H and O–H groups in total. The zero-order chi connectivity index (χ0) is 15.7. The number of benzene rings is 1. The smallest absolute Gasteiger partial charge is 0.222 e. The standard InChI is InChI=1S/C17H27N3O/c1-5-11-19-17(21)10-12-18-16-9-8-15(13-14(16)4)20(6-2)7-3/h5,8-9,13,18H,1,6-7,10-12H2,2-4H3,(H,19,21). The number of hydrogen-bond donors (Lipinski definition) is 2. The van der Waals surface area contributed by atoms with Gasteiger partial charge in [-0.1, -0.05) is 6.08 Å². The highest BCUT2D eigenvalue weighted by Crippen LogP contribution is 2.22. The Kier molecular flexibility index (Phi) is 7.37. The van der Waals surface area contributed by atoms with Gasteiger partial charge in [0.05, 0.1) is 0 Å². The van der Waals surface area contributed by atoms with Gasteiger partial charge in [0.15, 0.2) is 0 Å². The summed E-state index contributed by atoms with van der Waals surface area (Å²) in [4.78, 5) is 13.8. The lowest BCUT2D eigenvalue weighted by molar-refractivity contribution is -0.120. The van der Waals surface area contributed by atoms with Crippen LogP contribution in [-0.2, 0) is 4.79 Å². The van der Waals surface area contributed by atoms with E-state index < -0.39 is 0 Å². The fraction of sp³-hybridized carbons (Fsp3) is 0.471. The monoisotopic (exact) mass is 289 g/mol. The second-order valence-electron chi connectivity index (χ2n) is 4.94. The minimum atomic E-state index is 0.0415. The molecule has 0 saturated heterocycles. The summed E-state index contributed by atoms with van der Waals surface area (Å²) in [7, 11) is 0. The van der Waals surface area contributed by atoms with E-state index in [0.29, 0.717) is 19.5 Å². The van der Waals surface area contributed by atoms with Crippen LogP contribution in [0.25, 0.3) is 0 Å². The summed E-state index contributed by atoms with van der Waals surface area (Å²) in [5, 5.41) is 6.09. The summed E-state index contributed by atoms with van der Waals surface area (Å²) in [5.74, 6) is 0.0415. The fourth-order valence-electron chi connectivity index (χ4n) is 2.22. The lowest BCUT2D eigenvalue weighted by atomic mass is 10.1. The third-order valence-corrected chi connectivity index (χ3v) is 3.45.